The molecule has 29 heavy (non-hydrogen) atoms. The summed E-state index contributed by atoms with van der Waals surface area (Å²) in [7, 11) is 1.58. The number of phenolic OH excluding ortho intramolecular Hbond substituents is 1. The van der Waals surface area contributed by atoms with Crippen LogP contribution in [-0.2, 0) is 6.42 Å². The van der Waals surface area contributed by atoms with E-state index in [-0.39, 0.29) is 11.4 Å². The summed E-state index contributed by atoms with van der Waals surface area (Å²) >= 11 is 5.47. The van der Waals surface area contributed by atoms with Crippen molar-refractivity contribution < 1.29 is 14.3 Å². The van der Waals surface area contributed by atoms with Crippen LogP contribution in [0.5, 0.6) is 11.5 Å². The molecule has 0 aliphatic carbocycles. The third-order valence-electron chi connectivity index (χ3n) is 4.80. The summed E-state index contributed by atoms with van der Waals surface area (Å²) in [6.07, 6.45) is 0.577. The number of aromatic hydroxyl groups is 1. The third kappa shape index (κ3) is 2.99. The first-order valence-electron chi connectivity index (χ1n) is 8.93. The van der Waals surface area contributed by atoms with E-state index in [2.05, 4.69) is 15.4 Å². The molecule has 0 unspecified atom stereocenters. The van der Waals surface area contributed by atoms with Crippen LogP contribution in [0.3, 0.4) is 0 Å². The van der Waals surface area contributed by atoms with Gasteiger partial charge in [-0.15, -0.1) is 4.91 Å². The Morgan fingerprint density at radius 3 is 2.83 bits per heavy atom. The zero-order valence-electron chi connectivity index (χ0n) is 16.0. The molecule has 4 rings (SSSR count). The number of hydrogen-bond donors (Lipinski definition) is 2. The van der Waals surface area contributed by atoms with Crippen molar-refractivity contribution >= 4 is 28.9 Å². The normalized spacial score (nSPS) is 11.1. The lowest BCUT2D eigenvalue weighted by Gasteiger charge is -2.12. The molecular weight excluding hydrogens is 392 g/mol. The van der Waals surface area contributed by atoms with Crippen molar-refractivity contribution in [2.45, 2.75) is 20.3 Å². The molecule has 0 aliphatic heterocycles. The molecule has 4 aromatic rings. The van der Waals surface area contributed by atoms with Crippen molar-refractivity contribution in [3.63, 3.8) is 0 Å². The number of benzene rings is 2. The Bertz CT molecular complexity index is 1300. The Morgan fingerprint density at radius 2 is 2.14 bits per heavy atom. The van der Waals surface area contributed by atoms with E-state index in [1.54, 1.807) is 23.8 Å². The van der Waals surface area contributed by atoms with Gasteiger partial charge in [-0.1, -0.05) is 6.92 Å². The minimum atomic E-state index is -0.111. The van der Waals surface area contributed by atoms with E-state index < -0.39 is 0 Å². The standard InChI is InChI=1S/C20H18N4O4S/c1-4-11-8-13(16(25)9-14(11)23-26)19-21-22-20(29)24(19)15-5-6-17(27-3)18-12(15)7-10(2)28-18/h5-9,25H,4H2,1-3H3,(H,22,29). The highest BCUT2D eigenvalue weighted by atomic mass is 32.1. The number of aromatic amines is 1. The maximum atomic E-state index is 11.1. The van der Waals surface area contributed by atoms with Gasteiger partial charge in [0.2, 0.25) is 0 Å². The van der Waals surface area contributed by atoms with E-state index in [9.17, 15) is 10.0 Å². The topological polar surface area (TPSA) is 106 Å². The molecule has 0 radical (unpaired) electrons. The van der Waals surface area contributed by atoms with Gasteiger partial charge in [0.1, 0.15) is 17.2 Å². The SMILES string of the molecule is CCc1cc(-c2n[nH]c(=S)n2-c2ccc(OC)c3oc(C)cc23)c(O)cc1N=O. The van der Waals surface area contributed by atoms with E-state index in [4.69, 9.17) is 21.4 Å². The number of hydrogen-bond acceptors (Lipinski definition) is 7. The van der Waals surface area contributed by atoms with Crippen molar-refractivity contribution in [2.75, 3.05) is 7.11 Å². The number of nitroso groups, excluding NO2 is 1. The number of aromatic nitrogens is 3. The number of ether oxygens (including phenoxy) is 1. The average Bonchev–Trinajstić information content (AvgIpc) is 3.29. The number of phenols is 1. The van der Waals surface area contributed by atoms with Crippen molar-refractivity contribution in [3.8, 4) is 28.6 Å². The lowest BCUT2D eigenvalue weighted by atomic mass is 10.0. The zero-order valence-corrected chi connectivity index (χ0v) is 16.8. The molecule has 2 aromatic heterocycles. The van der Waals surface area contributed by atoms with Gasteiger partial charge in [-0.2, -0.15) is 5.10 Å². The summed E-state index contributed by atoms with van der Waals surface area (Å²) in [4.78, 5) is 11.1. The van der Waals surface area contributed by atoms with Crippen molar-refractivity contribution in [2.24, 2.45) is 5.18 Å². The molecule has 2 N–H and O–H groups in total. The van der Waals surface area contributed by atoms with Crippen molar-refractivity contribution in [1.29, 1.82) is 0 Å². The maximum Gasteiger partial charge on any atom is 0.200 e. The quantitative estimate of drug-likeness (QED) is 0.340. The molecule has 0 aliphatic rings. The number of nitrogens with one attached hydrogen (secondary N) is 1. The zero-order chi connectivity index (χ0) is 20.7. The van der Waals surface area contributed by atoms with Crippen LogP contribution in [0, 0.1) is 16.6 Å². The molecule has 0 fully saturated rings. The highest BCUT2D eigenvalue weighted by Gasteiger charge is 2.20. The Hall–Kier alpha value is -3.46. The predicted octanol–water partition coefficient (Wildman–Crippen LogP) is 5.33. The molecule has 0 saturated carbocycles. The summed E-state index contributed by atoms with van der Waals surface area (Å²) in [5.74, 6) is 1.62. The van der Waals surface area contributed by atoms with Crippen LogP contribution in [-0.4, -0.2) is 27.0 Å². The molecule has 0 spiro atoms. The van der Waals surface area contributed by atoms with Crippen LogP contribution in [0.25, 0.3) is 28.0 Å². The summed E-state index contributed by atoms with van der Waals surface area (Å²) in [6, 6.07) is 8.58. The average molecular weight is 410 g/mol. The Labute approximate surface area is 170 Å². The molecule has 2 heterocycles. The molecule has 0 bridgehead atoms. The molecule has 2 aromatic carbocycles. The number of methoxy groups -OCH3 is 1. The lowest BCUT2D eigenvalue weighted by molar-refractivity contribution is 0.408. The minimum absolute atomic E-state index is 0.111. The number of rotatable bonds is 5. The fourth-order valence-corrected chi connectivity index (χ4v) is 3.66. The summed E-state index contributed by atoms with van der Waals surface area (Å²) in [5.41, 5.74) is 2.65. The molecule has 0 amide bonds. The van der Waals surface area contributed by atoms with E-state index in [0.717, 1.165) is 16.8 Å². The van der Waals surface area contributed by atoms with E-state index in [1.165, 1.54) is 6.07 Å². The van der Waals surface area contributed by atoms with E-state index in [0.29, 0.717) is 39.5 Å². The predicted molar refractivity (Wildman–Crippen MR) is 112 cm³/mol. The van der Waals surface area contributed by atoms with Crippen LogP contribution in [0.15, 0.2) is 39.9 Å². The first-order valence-corrected chi connectivity index (χ1v) is 9.33. The first-order chi connectivity index (χ1) is 14.0. The highest BCUT2D eigenvalue weighted by Crippen LogP contribution is 2.38. The second-order valence-corrected chi connectivity index (χ2v) is 6.90. The Morgan fingerprint density at radius 1 is 1.34 bits per heavy atom. The molecule has 148 valence electrons. The van der Waals surface area contributed by atoms with Crippen molar-refractivity contribution in [1.82, 2.24) is 14.8 Å². The van der Waals surface area contributed by atoms with Crippen LogP contribution < -0.4 is 4.74 Å². The van der Waals surface area contributed by atoms with Gasteiger partial charge in [0.15, 0.2) is 21.9 Å². The number of furan rings is 1. The fourth-order valence-electron chi connectivity index (χ4n) is 3.43. The molecular formula is C20H18N4O4S. The van der Waals surface area contributed by atoms with Crippen LogP contribution in [0.2, 0.25) is 0 Å². The molecule has 9 heteroatoms. The smallest absolute Gasteiger partial charge is 0.200 e. The van der Waals surface area contributed by atoms with Gasteiger partial charge >= 0.3 is 0 Å². The Kier molecular flexibility index (Phi) is 4.67. The van der Waals surface area contributed by atoms with Gasteiger partial charge in [0, 0.05) is 11.5 Å². The van der Waals surface area contributed by atoms with Gasteiger partial charge in [-0.25, -0.2) is 0 Å². The van der Waals surface area contributed by atoms with Gasteiger partial charge in [-0.3, -0.25) is 9.67 Å². The van der Waals surface area contributed by atoms with Crippen LogP contribution in [0.4, 0.5) is 5.69 Å². The molecule has 0 saturated heterocycles. The number of fused-ring (bicyclic) bond motifs is 1. The monoisotopic (exact) mass is 410 g/mol. The van der Waals surface area contributed by atoms with Gasteiger partial charge in [0.25, 0.3) is 0 Å². The second-order valence-electron chi connectivity index (χ2n) is 6.52. The van der Waals surface area contributed by atoms with Gasteiger partial charge < -0.3 is 14.3 Å². The largest absolute Gasteiger partial charge is 0.507 e. The van der Waals surface area contributed by atoms with Crippen LogP contribution in [0.1, 0.15) is 18.2 Å². The van der Waals surface area contributed by atoms with E-state index in [1.807, 2.05) is 26.0 Å². The van der Waals surface area contributed by atoms with Gasteiger partial charge in [-0.05, 0) is 60.6 Å². The maximum absolute atomic E-state index is 11.1. The highest BCUT2D eigenvalue weighted by molar-refractivity contribution is 7.71. The van der Waals surface area contributed by atoms with Crippen molar-refractivity contribution in [3.05, 3.63) is 51.3 Å². The Balaban J connectivity index is 2.02. The molecule has 0 atom stereocenters. The number of aryl methyl sites for hydroxylation is 2. The minimum Gasteiger partial charge on any atom is -0.507 e. The summed E-state index contributed by atoms with van der Waals surface area (Å²) in [6.45, 7) is 3.76. The third-order valence-corrected chi connectivity index (χ3v) is 5.07. The number of H-pyrrole nitrogens is 1. The second kappa shape index (κ2) is 7.17. The number of nitrogens with zero attached hydrogens (tertiary/aromatic N) is 3. The first kappa shape index (κ1) is 18.9. The van der Waals surface area contributed by atoms with Gasteiger partial charge in [0.05, 0.1) is 18.4 Å². The van der Waals surface area contributed by atoms with E-state index >= 15 is 0 Å². The fraction of sp³-hybridized carbons (Fsp3) is 0.200. The summed E-state index contributed by atoms with van der Waals surface area (Å²) < 4.78 is 13.3. The molecule has 8 nitrogen and oxygen atoms in total. The summed E-state index contributed by atoms with van der Waals surface area (Å²) in [5, 5.41) is 21.4. The lowest BCUT2D eigenvalue weighted by Crippen LogP contribution is -2.00. The van der Waals surface area contributed by atoms with Crippen LogP contribution >= 0.6 is 12.2 Å².